The maximum atomic E-state index is 12.7. The zero-order valence-corrected chi connectivity index (χ0v) is 8.06. The fraction of sp³-hybridized carbons (Fsp3) is 0.167. The monoisotopic (exact) mass is 307 g/mol. The van der Waals surface area contributed by atoms with Gasteiger partial charge < -0.3 is 4.74 Å². The second-order valence-corrected chi connectivity index (χ2v) is 2.98. The van der Waals surface area contributed by atoms with Crippen molar-refractivity contribution in [2.75, 3.05) is 0 Å². The molecule has 0 unspecified atom stereocenters. The topological polar surface area (TPSA) is 22.1 Å². The number of rotatable bonds is 1. The Bertz CT molecular complexity index is 294. The summed E-state index contributed by atoms with van der Waals surface area (Å²) in [7, 11) is 0. The Hall–Kier alpha value is -0.600. The van der Waals surface area contributed by atoms with Gasteiger partial charge in [0.25, 0.3) is 0 Å². The molecule has 0 saturated heterocycles. The molecule has 0 radical (unpaired) electrons. The average Bonchev–Trinajstić information content (AvgIpc) is 1.95. The van der Waals surface area contributed by atoms with Gasteiger partial charge >= 0.3 is 6.36 Å². The highest BCUT2D eigenvalue weighted by molar-refractivity contribution is 14.1. The largest absolute Gasteiger partial charge is 0.573 e. The zero-order chi connectivity index (χ0) is 10.1. The predicted octanol–water partition coefficient (Wildman–Crippen LogP) is 2.72. The number of hydrogen-bond acceptors (Lipinski definition) is 2. The number of ether oxygens (including phenoxy) is 1. The Balaban J connectivity index is 3.00. The Morgan fingerprint density at radius 3 is 2.46 bits per heavy atom. The molecule has 0 aliphatic rings. The average molecular weight is 307 g/mol. The summed E-state index contributed by atoms with van der Waals surface area (Å²) in [5.74, 6) is -1.98. The summed E-state index contributed by atoms with van der Waals surface area (Å²) in [6.07, 6.45) is -3.84. The van der Waals surface area contributed by atoms with Crippen molar-refractivity contribution in [3.8, 4) is 5.75 Å². The van der Waals surface area contributed by atoms with Crippen LogP contribution in [0.15, 0.2) is 12.3 Å². The molecule has 72 valence electrons. The van der Waals surface area contributed by atoms with E-state index in [9.17, 15) is 17.6 Å². The van der Waals surface area contributed by atoms with Crippen molar-refractivity contribution in [2.45, 2.75) is 6.36 Å². The lowest BCUT2D eigenvalue weighted by Crippen LogP contribution is -2.19. The van der Waals surface area contributed by atoms with Crippen LogP contribution in [0.2, 0.25) is 0 Å². The molecular weight excluding hydrogens is 305 g/mol. The van der Waals surface area contributed by atoms with E-state index in [0.717, 1.165) is 12.3 Å². The third kappa shape index (κ3) is 2.98. The van der Waals surface area contributed by atoms with Crippen molar-refractivity contribution in [3.05, 3.63) is 21.8 Å². The van der Waals surface area contributed by atoms with Gasteiger partial charge in [0.2, 0.25) is 0 Å². The van der Waals surface area contributed by atoms with Crippen molar-refractivity contribution in [1.29, 1.82) is 0 Å². The highest BCUT2D eigenvalue weighted by Gasteiger charge is 2.33. The van der Waals surface area contributed by atoms with Gasteiger partial charge in [0, 0.05) is 6.20 Å². The molecule has 2 nitrogen and oxygen atoms in total. The molecule has 1 rings (SSSR count). The molecule has 0 fully saturated rings. The Kier molecular flexibility index (Phi) is 2.94. The third-order valence-electron chi connectivity index (χ3n) is 1.03. The van der Waals surface area contributed by atoms with Crippen LogP contribution in [0.1, 0.15) is 0 Å². The molecule has 0 aromatic carbocycles. The molecule has 0 saturated carbocycles. The van der Waals surface area contributed by atoms with E-state index in [4.69, 9.17) is 0 Å². The molecule has 0 bridgehead atoms. The number of hydrogen-bond donors (Lipinski definition) is 0. The van der Waals surface area contributed by atoms with Gasteiger partial charge in [0.15, 0.2) is 11.6 Å². The predicted molar refractivity (Wildman–Crippen MR) is 43.6 cm³/mol. The SMILES string of the molecule is Fc1ccnc(I)c1OC(F)(F)F. The van der Waals surface area contributed by atoms with Crippen LogP contribution in [0, 0.1) is 9.52 Å². The normalized spacial score (nSPS) is 11.5. The summed E-state index contributed by atoms with van der Waals surface area (Å²) in [5.41, 5.74) is 0. The third-order valence-corrected chi connectivity index (χ3v) is 1.80. The first-order valence-electron chi connectivity index (χ1n) is 2.96. The van der Waals surface area contributed by atoms with E-state index in [1.54, 1.807) is 0 Å². The summed E-state index contributed by atoms with van der Waals surface area (Å²) in [6.45, 7) is 0. The first-order valence-corrected chi connectivity index (χ1v) is 4.04. The fourth-order valence-corrected chi connectivity index (χ4v) is 1.14. The van der Waals surface area contributed by atoms with Gasteiger partial charge in [-0.3, -0.25) is 0 Å². The van der Waals surface area contributed by atoms with Crippen LogP contribution in [-0.2, 0) is 0 Å². The van der Waals surface area contributed by atoms with Gasteiger partial charge in [-0.1, -0.05) is 0 Å². The van der Waals surface area contributed by atoms with Crippen molar-refractivity contribution < 1.29 is 22.3 Å². The smallest absolute Gasteiger partial charge is 0.400 e. The highest BCUT2D eigenvalue weighted by Crippen LogP contribution is 2.28. The van der Waals surface area contributed by atoms with Crippen molar-refractivity contribution >= 4 is 22.6 Å². The van der Waals surface area contributed by atoms with Crippen LogP contribution in [0.4, 0.5) is 17.6 Å². The molecule has 13 heavy (non-hydrogen) atoms. The first-order chi connectivity index (χ1) is 5.90. The maximum absolute atomic E-state index is 12.7. The maximum Gasteiger partial charge on any atom is 0.573 e. The molecule has 0 spiro atoms. The fourth-order valence-electron chi connectivity index (χ4n) is 0.608. The van der Waals surface area contributed by atoms with Crippen LogP contribution in [0.3, 0.4) is 0 Å². The minimum atomic E-state index is -4.90. The first kappa shape index (κ1) is 10.5. The molecule has 7 heteroatoms. The van der Waals surface area contributed by atoms with Crippen molar-refractivity contribution in [3.63, 3.8) is 0 Å². The minimum absolute atomic E-state index is 0.171. The molecule has 0 N–H and O–H groups in total. The number of pyridine rings is 1. The van der Waals surface area contributed by atoms with Gasteiger partial charge in [0.05, 0.1) is 0 Å². The van der Waals surface area contributed by atoms with E-state index >= 15 is 0 Å². The van der Waals surface area contributed by atoms with Gasteiger partial charge in [-0.2, -0.15) is 0 Å². The summed E-state index contributed by atoms with van der Waals surface area (Å²) >= 11 is 1.45. The van der Waals surface area contributed by atoms with Crippen LogP contribution in [-0.4, -0.2) is 11.3 Å². The molecule has 0 amide bonds. The second-order valence-electron chi connectivity index (χ2n) is 1.96. The summed E-state index contributed by atoms with van der Waals surface area (Å²) in [4.78, 5) is 3.45. The van der Waals surface area contributed by atoms with Crippen LogP contribution in [0.25, 0.3) is 0 Å². The standard InChI is InChI=1S/C6H2F4INO/c7-3-1-2-12-5(11)4(3)13-6(8,9)10/h1-2H. The van der Waals surface area contributed by atoms with Crippen molar-refractivity contribution in [2.24, 2.45) is 0 Å². The molecule has 0 aliphatic carbocycles. The lowest BCUT2D eigenvalue weighted by molar-refractivity contribution is -0.276. The zero-order valence-electron chi connectivity index (χ0n) is 5.90. The van der Waals surface area contributed by atoms with Gasteiger partial charge in [-0.25, -0.2) is 9.37 Å². The Morgan fingerprint density at radius 1 is 1.38 bits per heavy atom. The van der Waals surface area contributed by atoms with E-state index in [0.29, 0.717) is 0 Å². The van der Waals surface area contributed by atoms with E-state index in [-0.39, 0.29) is 3.70 Å². The number of aromatic nitrogens is 1. The molecule has 1 heterocycles. The minimum Gasteiger partial charge on any atom is -0.400 e. The molecule has 1 aromatic rings. The van der Waals surface area contributed by atoms with Crippen LogP contribution >= 0.6 is 22.6 Å². The number of alkyl halides is 3. The summed E-state index contributed by atoms with van der Waals surface area (Å²) < 4.78 is 51.0. The Labute approximate surface area is 84.1 Å². The number of halogens is 5. The van der Waals surface area contributed by atoms with Crippen LogP contribution < -0.4 is 4.74 Å². The van der Waals surface area contributed by atoms with E-state index < -0.39 is 17.9 Å². The van der Waals surface area contributed by atoms with Gasteiger partial charge in [-0.15, -0.1) is 13.2 Å². The lowest BCUT2D eigenvalue weighted by atomic mass is 10.4. The molecular formula is C6H2F4INO. The quantitative estimate of drug-likeness (QED) is 0.452. The van der Waals surface area contributed by atoms with Crippen LogP contribution in [0.5, 0.6) is 5.75 Å². The molecule has 1 aromatic heterocycles. The second kappa shape index (κ2) is 3.64. The van der Waals surface area contributed by atoms with E-state index in [2.05, 4.69) is 9.72 Å². The van der Waals surface area contributed by atoms with Gasteiger partial charge in [0.1, 0.15) is 3.70 Å². The highest BCUT2D eigenvalue weighted by atomic mass is 127. The summed E-state index contributed by atoms with van der Waals surface area (Å²) in [6, 6.07) is 0.795. The van der Waals surface area contributed by atoms with Crippen molar-refractivity contribution in [1.82, 2.24) is 4.98 Å². The van der Waals surface area contributed by atoms with E-state index in [1.165, 1.54) is 22.6 Å². The molecule has 0 atom stereocenters. The lowest BCUT2D eigenvalue weighted by Gasteiger charge is -2.09. The van der Waals surface area contributed by atoms with E-state index in [1.807, 2.05) is 0 Å². The molecule has 0 aliphatic heterocycles. The number of nitrogens with zero attached hydrogens (tertiary/aromatic N) is 1. The van der Waals surface area contributed by atoms with Gasteiger partial charge in [-0.05, 0) is 28.7 Å². The Morgan fingerprint density at radius 2 is 2.00 bits per heavy atom. The summed E-state index contributed by atoms with van der Waals surface area (Å²) in [5, 5.41) is 0.